The number of aromatic amines is 1. The monoisotopic (exact) mass is 505 g/mol. The largest absolute Gasteiger partial charge is 0.457 e. The third-order valence-corrected chi connectivity index (χ3v) is 5.35. The zero-order chi connectivity index (χ0) is 25.8. The van der Waals surface area contributed by atoms with Crippen molar-refractivity contribution in [2.24, 2.45) is 0 Å². The smallest absolute Gasteiger partial charge is 0.387 e. The van der Waals surface area contributed by atoms with Gasteiger partial charge in [0.15, 0.2) is 5.65 Å². The minimum Gasteiger partial charge on any atom is -0.457 e. The van der Waals surface area contributed by atoms with Crippen LogP contribution in [0.5, 0.6) is 17.2 Å². The second kappa shape index (κ2) is 10.4. The maximum absolute atomic E-state index is 13.2. The van der Waals surface area contributed by atoms with E-state index in [-0.39, 0.29) is 28.3 Å². The lowest BCUT2D eigenvalue weighted by Crippen LogP contribution is -2.12. The fourth-order valence-corrected chi connectivity index (χ4v) is 3.78. The number of rotatable bonds is 9. The molecule has 0 spiro atoms. The molecule has 3 heterocycles. The van der Waals surface area contributed by atoms with Gasteiger partial charge in [-0.2, -0.15) is 19.0 Å². The molecule has 0 atom stereocenters. The first kappa shape index (κ1) is 23.9. The van der Waals surface area contributed by atoms with Crippen molar-refractivity contribution < 1.29 is 23.0 Å². The number of hydrogen-bond acceptors (Lipinski definition) is 7. The molecule has 0 aliphatic rings. The number of H-pyrrole nitrogens is 1. The molecule has 0 aliphatic heterocycles. The Labute approximate surface area is 209 Å². The average Bonchev–Trinajstić information content (AvgIpc) is 3.52. The van der Waals surface area contributed by atoms with Gasteiger partial charge in [0, 0.05) is 25.1 Å². The summed E-state index contributed by atoms with van der Waals surface area (Å²) in [6.45, 7) is -2.41. The summed E-state index contributed by atoms with van der Waals surface area (Å²) < 4.78 is 38.5. The maximum Gasteiger partial charge on any atom is 0.387 e. The first-order chi connectivity index (χ1) is 18.0. The van der Waals surface area contributed by atoms with E-state index in [0.717, 1.165) is 5.56 Å². The predicted octanol–water partition coefficient (Wildman–Crippen LogP) is 4.48. The van der Waals surface area contributed by atoms with Crippen molar-refractivity contribution in [1.82, 2.24) is 30.1 Å². The fraction of sp³-hybridized carbons (Fsp3) is 0.120. The summed E-state index contributed by atoms with van der Waals surface area (Å²) in [5.74, 6) is 0.302. The number of amides is 1. The Morgan fingerprint density at radius 2 is 2.03 bits per heavy atom. The number of carbonyl (C=O) groups is 1. The number of nitrogens with zero attached hydrogens (tertiary/aromatic N) is 4. The normalized spacial score (nSPS) is 11.1. The van der Waals surface area contributed by atoms with Crippen LogP contribution in [0.2, 0.25) is 0 Å². The quantitative estimate of drug-likeness (QED) is 0.270. The number of aromatic nitrogens is 5. The summed E-state index contributed by atoms with van der Waals surface area (Å²) in [4.78, 5) is 17.2. The van der Waals surface area contributed by atoms with Crippen LogP contribution in [0.1, 0.15) is 15.9 Å². The number of fused-ring (bicyclic) bond motifs is 1. The van der Waals surface area contributed by atoms with Gasteiger partial charge in [0.2, 0.25) is 0 Å². The summed E-state index contributed by atoms with van der Waals surface area (Å²) in [5, 5.41) is 16.8. The molecule has 0 saturated carbocycles. The van der Waals surface area contributed by atoms with Gasteiger partial charge in [-0.05, 0) is 49.0 Å². The van der Waals surface area contributed by atoms with Crippen molar-refractivity contribution in [2.45, 2.75) is 13.2 Å². The van der Waals surface area contributed by atoms with Crippen LogP contribution in [0.25, 0.3) is 16.9 Å². The molecule has 12 heteroatoms. The molecule has 3 N–H and O–H groups in total. The van der Waals surface area contributed by atoms with Crippen LogP contribution >= 0.6 is 0 Å². The molecule has 5 aromatic rings. The second-order valence-corrected chi connectivity index (χ2v) is 7.86. The molecule has 5 rings (SSSR count). The number of carbonyl (C=O) groups excluding carboxylic acids is 1. The molecule has 3 aromatic heterocycles. The number of alkyl halides is 2. The van der Waals surface area contributed by atoms with Crippen molar-refractivity contribution in [3.05, 3.63) is 84.4 Å². The van der Waals surface area contributed by atoms with Gasteiger partial charge in [-0.3, -0.25) is 9.89 Å². The van der Waals surface area contributed by atoms with E-state index in [2.05, 4.69) is 30.9 Å². The second-order valence-electron chi connectivity index (χ2n) is 7.86. The summed E-state index contributed by atoms with van der Waals surface area (Å²) in [6.07, 6.45) is 6.04. The number of nitrogens with one attached hydrogen (secondary N) is 3. The predicted molar refractivity (Wildman–Crippen MR) is 131 cm³/mol. The lowest BCUT2D eigenvalue weighted by atomic mass is 10.1. The van der Waals surface area contributed by atoms with Crippen LogP contribution in [-0.2, 0) is 6.54 Å². The highest BCUT2D eigenvalue weighted by Crippen LogP contribution is 2.38. The highest BCUT2D eigenvalue weighted by Gasteiger charge is 2.21. The Balaban J connectivity index is 1.47. The Morgan fingerprint density at radius 1 is 1.16 bits per heavy atom. The van der Waals surface area contributed by atoms with E-state index in [1.54, 1.807) is 24.5 Å². The first-order valence-electron chi connectivity index (χ1n) is 11.2. The van der Waals surface area contributed by atoms with Crippen LogP contribution in [0.3, 0.4) is 0 Å². The van der Waals surface area contributed by atoms with Gasteiger partial charge in [-0.25, -0.2) is 9.50 Å². The highest BCUT2D eigenvalue weighted by atomic mass is 19.3. The Kier molecular flexibility index (Phi) is 6.72. The molecule has 0 unspecified atom stereocenters. The van der Waals surface area contributed by atoms with Gasteiger partial charge < -0.3 is 20.1 Å². The van der Waals surface area contributed by atoms with E-state index in [1.807, 2.05) is 25.2 Å². The number of hydrogen-bond donors (Lipinski definition) is 3. The molecular weight excluding hydrogens is 484 g/mol. The SMILES string of the molecule is CNCc1cccc(Oc2ccc(OC(F)F)c(-c3n[nH]cc3NC(=O)c3cnn4cccnc34)c2)c1. The molecular formula is C25H21F2N7O3. The minimum absolute atomic E-state index is 0.133. The molecule has 0 aliphatic carbocycles. The molecule has 37 heavy (non-hydrogen) atoms. The Hall–Kier alpha value is -4.84. The maximum atomic E-state index is 13.2. The van der Waals surface area contributed by atoms with Crippen molar-refractivity contribution >= 4 is 17.2 Å². The van der Waals surface area contributed by atoms with E-state index in [0.29, 0.717) is 23.7 Å². The van der Waals surface area contributed by atoms with Gasteiger partial charge >= 0.3 is 6.61 Å². The van der Waals surface area contributed by atoms with Crippen LogP contribution in [0.15, 0.2) is 73.3 Å². The summed E-state index contributed by atoms with van der Waals surface area (Å²) in [6, 6.07) is 13.5. The molecule has 1 amide bonds. The molecule has 10 nitrogen and oxygen atoms in total. The van der Waals surface area contributed by atoms with Crippen molar-refractivity contribution in [3.63, 3.8) is 0 Å². The van der Waals surface area contributed by atoms with Crippen molar-refractivity contribution in [3.8, 4) is 28.5 Å². The van der Waals surface area contributed by atoms with E-state index >= 15 is 0 Å². The van der Waals surface area contributed by atoms with Gasteiger partial charge in [-0.1, -0.05) is 12.1 Å². The van der Waals surface area contributed by atoms with E-state index in [9.17, 15) is 13.6 Å². The number of benzene rings is 2. The standard InChI is InChI=1S/C25H21F2N7O3/c1-28-12-15-4-2-5-16(10-15)36-17-6-7-21(37-25(26)27)18(11-17)22-20(14-30-33-22)32-24(35)19-13-31-34-9-3-8-29-23(19)34/h2-11,13-14,25,28H,12H2,1H3,(H,30,33)(H,32,35). The van der Waals surface area contributed by atoms with Crippen LogP contribution in [0, 0.1) is 0 Å². The minimum atomic E-state index is -3.06. The Bertz CT molecular complexity index is 1550. The van der Waals surface area contributed by atoms with Crippen LogP contribution < -0.4 is 20.1 Å². The lowest BCUT2D eigenvalue weighted by Gasteiger charge is -2.14. The van der Waals surface area contributed by atoms with Gasteiger partial charge in [0.1, 0.15) is 28.5 Å². The third-order valence-electron chi connectivity index (χ3n) is 5.35. The summed E-state index contributed by atoms with van der Waals surface area (Å²) in [7, 11) is 1.84. The van der Waals surface area contributed by atoms with E-state index in [4.69, 9.17) is 9.47 Å². The molecule has 0 saturated heterocycles. The summed E-state index contributed by atoms with van der Waals surface area (Å²) >= 11 is 0. The van der Waals surface area contributed by atoms with Crippen LogP contribution in [-0.4, -0.2) is 44.4 Å². The lowest BCUT2D eigenvalue weighted by molar-refractivity contribution is -0.0494. The first-order valence-corrected chi connectivity index (χ1v) is 11.2. The topological polar surface area (TPSA) is 118 Å². The molecule has 0 radical (unpaired) electrons. The zero-order valence-electron chi connectivity index (χ0n) is 19.5. The van der Waals surface area contributed by atoms with E-state index < -0.39 is 12.5 Å². The third kappa shape index (κ3) is 5.23. The highest BCUT2D eigenvalue weighted by molar-refractivity contribution is 6.09. The average molecular weight is 505 g/mol. The summed E-state index contributed by atoms with van der Waals surface area (Å²) in [5.41, 5.74) is 2.23. The zero-order valence-corrected chi connectivity index (χ0v) is 19.5. The van der Waals surface area contributed by atoms with Crippen LogP contribution in [0.4, 0.5) is 14.5 Å². The molecule has 2 aromatic carbocycles. The van der Waals surface area contributed by atoms with Crippen molar-refractivity contribution in [1.29, 1.82) is 0 Å². The fourth-order valence-electron chi connectivity index (χ4n) is 3.78. The Morgan fingerprint density at radius 3 is 2.86 bits per heavy atom. The van der Waals surface area contributed by atoms with Crippen molar-refractivity contribution in [2.75, 3.05) is 12.4 Å². The molecule has 0 bridgehead atoms. The number of anilines is 1. The van der Waals surface area contributed by atoms with Gasteiger partial charge in [0.05, 0.1) is 17.4 Å². The molecule has 0 fully saturated rings. The number of halogens is 2. The number of ether oxygens (including phenoxy) is 2. The van der Waals surface area contributed by atoms with Gasteiger partial charge in [0.25, 0.3) is 5.91 Å². The van der Waals surface area contributed by atoms with Gasteiger partial charge in [-0.15, -0.1) is 0 Å². The van der Waals surface area contributed by atoms with E-state index in [1.165, 1.54) is 35.1 Å². The molecule has 188 valence electrons.